The van der Waals surface area contributed by atoms with Crippen molar-refractivity contribution in [3.63, 3.8) is 0 Å². The standard InChI is InChI=1S/C14H8ClN3O3/c15-9-5-8(6-16-7-9)12-17-18-13(21-12)10-3-1-2-4-11(10)14(19)20/h1-7H,(H,19,20). The van der Waals surface area contributed by atoms with Gasteiger partial charge in [-0.15, -0.1) is 10.2 Å². The van der Waals surface area contributed by atoms with Gasteiger partial charge in [-0.3, -0.25) is 4.98 Å². The largest absolute Gasteiger partial charge is 0.478 e. The fraction of sp³-hybridized carbons (Fsp3) is 0. The number of pyridine rings is 1. The molecule has 0 spiro atoms. The van der Waals surface area contributed by atoms with E-state index >= 15 is 0 Å². The van der Waals surface area contributed by atoms with Crippen LogP contribution in [0.1, 0.15) is 10.4 Å². The molecule has 2 aromatic heterocycles. The van der Waals surface area contributed by atoms with Crippen LogP contribution >= 0.6 is 11.6 Å². The van der Waals surface area contributed by atoms with E-state index in [9.17, 15) is 4.79 Å². The van der Waals surface area contributed by atoms with Crippen molar-refractivity contribution in [2.45, 2.75) is 0 Å². The molecule has 7 heteroatoms. The molecule has 0 unspecified atom stereocenters. The Kier molecular flexibility index (Phi) is 3.37. The van der Waals surface area contributed by atoms with E-state index in [1.165, 1.54) is 18.5 Å². The number of carbonyl (C=O) groups is 1. The predicted molar refractivity (Wildman–Crippen MR) is 74.9 cm³/mol. The van der Waals surface area contributed by atoms with Crippen LogP contribution in [0, 0.1) is 0 Å². The van der Waals surface area contributed by atoms with Crippen LogP contribution in [-0.4, -0.2) is 26.3 Å². The molecule has 104 valence electrons. The van der Waals surface area contributed by atoms with Gasteiger partial charge < -0.3 is 9.52 Å². The lowest BCUT2D eigenvalue weighted by Gasteiger charge is -2.00. The molecule has 3 aromatic rings. The average molecular weight is 302 g/mol. The third kappa shape index (κ3) is 2.61. The Morgan fingerprint density at radius 1 is 1.14 bits per heavy atom. The van der Waals surface area contributed by atoms with Crippen LogP contribution < -0.4 is 0 Å². The van der Waals surface area contributed by atoms with Gasteiger partial charge in [0.05, 0.1) is 21.7 Å². The lowest BCUT2D eigenvalue weighted by atomic mass is 10.1. The third-order valence-electron chi connectivity index (χ3n) is 2.76. The van der Waals surface area contributed by atoms with Crippen LogP contribution in [0.25, 0.3) is 22.9 Å². The summed E-state index contributed by atoms with van der Waals surface area (Å²) in [4.78, 5) is 15.1. The third-order valence-corrected chi connectivity index (χ3v) is 2.97. The number of nitrogens with zero attached hydrogens (tertiary/aromatic N) is 3. The van der Waals surface area contributed by atoms with Crippen LogP contribution in [-0.2, 0) is 0 Å². The normalized spacial score (nSPS) is 10.5. The summed E-state index contributed by atoms with van der Waals surface area (Å²) in [5.74, 6) is -0.710. The molecule has 0 bridgehead atoms. The van der Waals surface area contributed by atoms with Crippen LogP contribution in [0.3, 0.4) is 0 Å². The number of hydrogen-bond acceptors (Lipinski definition) is 5. The lowest BCUT2D eigenvalue weighted by Crippen LogP contribution is -1.98. The van der Waals surface area contributed by atoms with Gasteiger partial charge in [-0.2, -0.15) is 0 Å². The zero-order valence-corrected chi connectivity index (χ0v) is 11.3. The maximum Gasteiger partial charge on any atom is 0.336 e. The van der Waals surface area contributed by atoms with Crippen molar-refractivity contribution in [3.05, 3.63) is 53.3 Å². The van der Waals surface area contributed by atoms with Crippen molar-refractivity contribution in [3.8, 4) is 22.9 Å². The average Bonchev–Trinajstić information content (AvgIpc) is 2.97. The second-order valence-electron chi connectivity index (χ2n) is 4.15. The zero-order chi connectivity index (χ0) is 14.8. The summed E-state index contributed by atoms with van der Waals surface area (Å²) in [6, 6.07) is 8.05. The molecule has 1 aromatic carbocycles. The summed E-state index contributed by atoms with van der Waals surface area (Å²) in [6.07, 6.45) is 3.02. The smallest absolute Gasteiger partial charge is 0.336 e. The van der Waals surface area contributed by atoms with Gasteiger partial charge in [0.15, 0.2) is 0 Å². The molecule has 0 radical (unpaired) electrons. The van der Waals surface area contributed by atoms with Gasteiger partial charge >= 0.3 is 5.97 Å². The maximum absolute atomic E-state index is 11.2. The highest BCUT2D eigenvalue weighted by atomic mass is 35.5. The Morgan fingerprint density at radius 3 is 2.67 bits per heavy atom. The monoisotopic (exact) mass is 301 g/mol. The molecule has 6 nitrogen and oxygen atoms in total. The molecule has 2 heterocycles. The van der Waals surface area contributed by atoms with Gasteiger partial charge in [0.25, 0.3) is 0 Å². The summed E-state index contributed by atoms with van der Waals surface area (Å²) in [5, 5.41) is 17.4. The highest BCUT2D eigenvalue weighted by Crippen LogP contribution is 2.27. The first-order valence-corrected chi connectivity index (χ1v) is 6.30. The first kappa shape index (κ1) is 13.3. The summed E-state index contributed by atoms with van der Waals surface area (Å²) in [6.45, 7) is 0. The minimum absolute atomic E-state index is 0.0944. The molecular formula is C14H8ClN3O3. The molecule has 0 atom stereocenters. The van der Waals surface area contributed by atoms with E-state index in [1.807, 2.05) is 0 Å². The van der Waals surface area contributed by atoms with Gasteiger partial charge in [-0.05, 0) is 18.2 Å². The number of carboxylic acid groups (broad SMARTS) is 1. The van der Waals surface area contributed by atoms with E-state index in [2.05, 4.69) is 15.2 Å². The summed E-state index contributed by atoms with van der Waals surface area (Å²) in [5.41, 5.74) is 1.02. The van der Waals surface area contributed by atoms with Gasteiger partial charge in [0.1, 0.15) is 0 Å². The van der Waals surface area contributed by atoms with E-state index < -0.39 is 5.97 Å². The summed E-state index contributed by atoms with van der Waals surface area (Å²) in [7, 11) is 0. The maximum atomic E-state index is 11.2. The molecule has 21 heavy (non-hydrogen) atoms. The van der Waals surface area contributed by atoms with Gasteiger partial charge in [0.2, 0.25) is 11.8 Å². The van der Waals surface area contributed by atoms with E-state index in [0.717, 1.165) is 0 Å². The SMILES string of the molecule is O=C(O)c1ccccc1-c1nnc(-c2cncc(Cl)c2)o1. The summed E-state index contributed by atoms with van der Waals surface area (Å²) < 4.78 is 5.52. The molecule has 0 saturated heterocycles. The Balaban J connectivity index is 2.05. The molecule has 0 aliphatic rings. The zero-order valence-electron chi connectivity index (χ0n) is 10.5. The molecule has 0 saturated carbocycles. The molecule has 0 fully saturated rings. The second kappa shape index (κ2) is 5.34. The van der Waals surface area contributed by atoms with Crippen molar-refractivity contribution in [1.29, 1.82) is 0 Å². The minimum Gasteiger partial charge on any atom is -0.478 e. The number of rotatable bonds is 3. The molecule has 3 rings (SSSR count). The van der Waals surface area contributed by atoms with E-state index in [1.54, 1.807) is 24.3 Å². The topological polar surface area (TPSA) is 89.1 Å². The van der Waals surface area contributed by atoms with Crippen molar-refractivity contribution < 1.29 is 14.3 Å². The van der Waals surface area contributed by atoms with Crippen molar-refractivity contribution in [1.82, 2.24) is 15.2 Å². The number of benzene rings is 1. The first-order valence-electron chi connectivity index (χ1n) is 5.92. The number of aromatic nitrogens is 3. The fourth-order valence-electron chi connectivity index (χ4n) is 1.83. The Hall–Kier alpha value is -2.73. The lowest BCUT2D eigenvalue weighted by molar-refractivity contribution is 0.0697. The van der Waals surface area contributed by atoms with Crippen molar-refractivity contribution in [2.24, 2.45) is 0 Å². The molecular weight excluding hydrogens is 294 g/mol. The van der Waals surface area contributed by atoms with Gasteiger partial charge in [0, 0.05) is 12.4 Å². The van der Waals surface area contributed by atoms with Crippen LogP contribution in [0.4, 0.5) is 0 Å². The van der Waals surface area contributed by atoms with Crippen LogP contribution in [0.5, 0.6) is 0 Å². The molecule has 0 aliphatic carbocycles. The van der Waals surface area contributed by atoms with Gasteiger partial charge in [-0.25, -0.2) is 4.79 Å². The second-order valence-corrected chi connectivity index (χ2v) is 4.59. The number of carboxylic acids is 1. The number of aromatic carboxylic acids is 1. The molecule has 0 aliphatic heterocycles. The summed E-state index contributed by atoms with van der Waals surface area (Å²) >= 11 is 5.86. The van der Waals surface area contributed by atoms with Gasteiger partial charge in [-0.1, -0.05) is 23.7 Å². The van der Waals surface area contributed by atoms with Crippen molar-refractivity contribution >= 4 is 17.6 Å². The van der Waals surface area contributed by atoms with E-state index in [-0.39, 0.29) is 17.3 Å². The molecule has 1 N–H and O–H groups in total. The quantitative estimate of drug-likeness (QED) is 0.799. The molecule has 0 amide bonds. The first-order chi connectivity index (χ1) is 10.1. The highest BCUT2D eigenvalue weighted by Gasteiger charge is 2.17. The van der Waals surface area contributed by atoms with Crippen molar-refractivity contribution in [2.75, 3.05) is 0 Å². The number of hydrogen-bond donors (Lipinski definition) is 1. The Morgan fingerprint density at radius 2 is 1.90 bits per heavy atom. The Bertz CT molecular complexity index is 816. The fourth-order valence-corrected chi connectivity index (χ4v) is 2.01. The van der Waals surface area contributed by atoms with E-state index in [0.29, 0.717) is 16.1 Å². The highest BCUT2D eigenvalue weighted by molar-refractivity contribution is 6.30. The van der Waals surface area contributed by atoms with Crippen LogP contribution in [0.15, 0.2) is 47.1 Å². The van der Waals surface area contributed by atoms with E-state index in [4.69, 9.17) is 21.1 Å². The number of halogens is 1. The van der Waals surface area contributed by atoms with Crippen LogP contribution in [0.2, 0.25) is 5.02 Å². The Labute approximate surface area is 124 Å². The predicted octanol–water partition coefficient (Wildman–Crippen LogP) is 3.15. The minimum atomic E-state index is -1.06.